The van der Waals surface area contributed by atoms with Gasteiger partial charge < -0.3 is 19.8 Å². The number of aromatic nitrogens is 6. The molecular formula is C38H46F2N10O3. The molecule has 4 aromatic rings. The Balaban J connectivity index is 1.04. The highest BCUT2D eigenvalue weighted by Crippen LogP contribution is 2.44. The third-order valence-corrected chi connectivity index (χ3v) is 12.0. The number of aromatic carboxylic acids is 1. The van der Waals surface area contributed by atoms with Crippen LogP contribution in [0.5, 0.6) is 0 Å². The predicted molar refractivity (Wildman–Crippen MR) is 195 cm³/mol. The summed E-state index contributed by atoms with van der Waals surface area (Å²) in [5, 5.41) is 26.8. The maximum atomic E-state index is 14.7. The number of aryl methyl sites for hydroxylation is 2. The van der Waals surface area contributed by atoms with Gasteiger partial charge in [-0.2, -0.15) is 10.2 Å². The first-order chi connectivity index (χ1) is 25.5. The summed E-state index contributed by atoms with van der Waals surface area (Å²) in [6.07, 6.45) is 6.89. The molecule has 8 rings (SSSR count). The van der Waals surface area contributed by atoms with Gasteiger partial charge >= 0.3 is 5.97 Å². The molecule has 0 atom stereocenters. The van der Waals surface area contributed by atoms with Gasteiger partial charge in [0.25, 0.3) is 6.43 Å². The fourth-order valence-electron chi connectivity index (χ4n) is 8.87. The molecule has 2 fully saturated rings. The average molecular weight is 729 g/mol. The van der Waals surface area contributed by atoms with E-state index in [4.69, 9.17) is 5.10 Å². The third kappa shape index (κ3) is 6.53. The first kappa shape index (κ1) is 35.1. The highest BCUT2D eigenvalue weighted by atomic mass is 19.3. The molecule has 1 aromatic carbocycles. The van der Waals surface area contributed by atoms with E-state index in [9.17, 15) is 23.5 Å². The number of alkyl halides is 2. The average Bonchev–Trinajstić information content (AvgIpc) is 3.77. The van der Waals surface area contributed by atoms with Gasteiger partial charge in [0, 0.05) is 99.5 Å². The molecule has 53 heavy (non-hydrogen) atoms. The van der Waals surface area contributed by atoms with Gasteiger partial charge in [-0.1, -0.05) is 0 Å². The molecule has 280 valence electrons. The van der Waals surface area contributed by atoms with Gasteiger partial charge in [0.1, 0.15) is 0 Å². The van der Waals surface area contributed by atoms with E-state index in [0.29, 0.717) is 43.0 Å². The number of hydrogen-bond donors (Lipinski definition) is 1. The van der Waals surface area contributed by atoms with Crippen molar-refractivity contribution < 1.29 is 23.5 Å². The van der Waals surface area contributed by atoms with Gasteiger partial charge in [0.2, 0.25) is 5.91 Å². The van der Waals surface area contributed by atoms with E-state index < -0.39 is 12.4 Å². The summed E-state index contributed by atoms with van der Waals surface area (Å²) < 4.78 is 33.2. The Labute approximate surface area is 307 Å². The van der Waals surface area contributed by atoms with Crippen molar-refractivity contribution in [2.24, 2.45) is 7.05 Å². The number of carboxylic acid groups (broad SMARTS) is 1. The molecule has 4 aliphatic heterocycles. The second kappa shape index (κ2) is 13.8. The van der Waals surface area contributed by atoms with Gasteiger partial charge in [0.15, 0.2) is 17.3 Å². The van der Waals surface area contributed by atoms with Crippen LogP contribution in [0, 0.1) is 0 Å². The number of nitrogens with zero attached hydrogens (tertiary/aromatic N) is 10. The second-order valence-corrected chi connectivity index (χ2v) is 15.2. The number of benzene rings is 1. The first-order valence-corrected chi connectivity index (χ1v) is 18.6. The van der Waals surface area contributed by atoms with Crippen molar-refractivity contribution in [2.45, 2.75) is 83.3 Å². The molecule has 0 saturated carbocycles. The number of amides is 1. The van der Waals surface area contributed by atoms with Crippen molar-refractivity contribution in [1.82, 2.24) is 39.6 Å². The molecule has 1 amide bonds. The van der Waals surface area contributed by atoms with Gasteiger partial charge in [-0.15, -0.1) is 10.2 Å². The summed E-state index contributed by atoms with van der Waals surface area (Å²) >= 11 is 0. The number of halogens is 2. The Hall–Kier alpha value is -4.92. The number of rotatable bonds is 7. The Bertz CT molecular complexity index is 2010. The maximum Gasteiger partial charge on any atom is 0.356 e. The minimum Gasteiger partial charge on any atom is -0.476 e. The van der Waals surface area contributed by atoms with Crippen LogP contribution in [0.2, 0.25) is 0 Å². The summed E-state index contributed by atoms with van der Waals surface area (Å²) in [6.45, 7) is 9.18. The number of fused-ring (bicyclic) bond motifs is 2. The minimum atomic E-state index is -2.66. The minimum absolute atomic E-state index is 0.0157. The van der Waals surface area contributed by atoms with Gasteiger partial charge in [-0.05, 0) is 80.8 Å². The zero-order valence-corrected chi connectivity index (χ0v) is 30.5. The number of carboxylic acids is 1. The summed E-state index contributed by atoms with van der Waals surface area (Å²) in [5.41, 5.74) is 5.10. The molecule has 0 radical (unpaired) electrons. The van der Waals surface area contributed by atoms with Gasteiger partial charge in [-0.25, -0.2) is 13.6 Å². The van der Waals surface area contributed by atoms with Crippen LogP contribution in [0.1, 0.15) is 91.3 Å². The Morgan fingerprint density at radius 1 is 1.00 bits per heavy atom. The van der Waals surface area contributed by atoms with Gasteiger partial charge in [0.05, 0.1) is 18.8 Å². The van der Waals surface area contributed by atoms with E-state index >= 15 is 0 Å². The van der Waals surface area contributed by atoms with E-state index in [1.165, 1.54) is 6.07 Å². The van der Waals surface area contributed by atoms with Crippen LogP contribution >= 0.6 is 0 Å². The van der Waals surface area contributed by atoms with Crippen molar-refractivity contribution in [3.63, 3.8) is 0 Å². The zero-order chi connectivity index (χ0) is 37.0. The van der Waals surface area contributed by atoms with E-state index in [1.807, 2.05) is 11.0 Å². The predicted octanol–water partition coefficient (Wildman–Crippen LogP) is 5.39. The lowest BCUT2D eigenvalue weighted by atomic mass is 9.85. The van der Waals surface area contributed by atoms with Crippen LogP contribution in [0.25, 0.3) is 11.1 Å². The van der Waals surface area contributed by atoms with E-state index in [1.54, 1.807) is 43.2 Å². The molecule has 0 unspecified atom stereocenters. The number of hydrogen-bond acceptors (Lipinski definition) is 9. The lowest BCUT2D eigenvalue weighted by Crippen LogP contribution is -2.56. The number of carbonyl (C=O) groups excluding carboxylic acids is 1. The number of anilines is 3. The lowest BCUT2D eigenvalue weighted by Gasteiger charge is -2.49. The zero-order valence-electron chi connectivity index (χ0n) is 30.5. The van der Waals surface area contributed by atoms with Crippen LogP contribution in [-0.4, -0.2) is 101 Å². The standard InChI is InChI=1S/C38H46F2N10O3/c1-24(51)47-14-10-32-30(23-47)36(49-13-4-5-25-19-28(26-21-41-45(3)22-26)29(35(39)40)20-33(25)49)44-50(32)27-8-15-48(16-9-27)38(2)11-17-46(18-12-38)34-7-6-31(37(52)53)42-43-34/h6-7,19-22,27,35H,4-5,8-18,23H2,1-3H3,(H,52,53). The molecular weight excluding hydrogens is 682 g/mol. The van der Waals surface area contributed by atoms with E-state index in [0.717, 1.165) is 93.0 Å². The van der Waals surface area contributed by atoms with Gasteiger partial charge in [-0.3, -0.25) is 19.1 Å². The monoisotopic (exact) mass is 728 g/mol. The van der Waals surface area contributed by atoms with Crippen LogP contribution in [0.15, 0.2) is 36.7 Å². The van der Waals surface area contributed by atoms with Crippen LogP contribution in [0.3, 0.4) is 0 Å². The molecule has 2 saturated heterocycles. The first-order valence-electron chi connectivity index (χ1n) is 18.6. The molecule has 4 aliphatic rings. The quantitative estimate of drug-likeness (QED) is 0.265. The molecule has 13 nitrogen and oxygen atoms in total. The van der Waals surface area contributed by atoms with Crippen LogP contribution < -0.4 is 9.80 Å². The fourth-order valence-corrected chi connectivity index (χ4v) is 8.87. The summed E-state index contributed by atoms with van der Waals surface area (Å²) in [6, 6.07) is 7.00. The van der Waals surface area contributed by atoms with Crippen molar-refractivity contribution in [1.29, 1.82) is 0 Å². The van der Waals surface area contributed by atoms with Crippen LogP contribution in [0.4, 0.5) is 26.1 Å². The fraction of sp³-hybridized carbons (Fsp3) is 0.526. The Morgan fingerprint density at radius 2 is 1.77 bits per heavy atom. The molecule has 0 bridgehead atoms. The normalized spacial score (nSPS) is 19.4. The number of piperidine rings is 2. The topological polar surface area (TPSA) is 129 Å². The maximum absolute atomic E-state index is 14.7. The summed E-state index contributed by atoms with van der Waals surface area (Å²) in [7, 11) is 1.78. The smallest absolute Gasteiger partial charge is 0.356 e. The van der Waals surface area contributed by atoms with Crippen molar-refractivity contribution in [2.75, 3.05) is 49.1 Å². The Morgan fingerprint density at radius 3 is 2.42 bits per heavy atom. The molecule has 7 heterocycles. The number of likely N-dealkylation sites (tertiary alicyclic amines) is 1. The molecule has 15 heteroatoms. The molecule has 0 spiro atoms. The van der Waals surface area contributed by atoms with Crippen molar-refractivity contribution >= 4 is 29.2 Å². The number of carbonyl (C=O) groups is 2. The largest absolute Gasteiger partial charge is 0.476 e. The highest BCUT2D eigenvalue weighted by Gasteiger charge is 2.40. The van der Waals surface area contributed by atoms with Crippen molar-refractivity contribution in [3.8, 4) is 11.1 Å². The summed E-state index contributed by atoms with van der Waals surface area (Å²) in [4.78, 5) is 32.6. The molecule has 0 aliphatic carbocycles. The third-order valence-electron chi connectivity index (χ3n) is 12.0. The van der Waals surface area contributed by atoms with E-state index in [-0.39, 0.29) is 28.7 Å². The molecule has 3 aromatic heterocycles. The second-order valence-electron chi connectivity index (χ2n) is 15.2. The Kier molecular flexibility index (Phi) is 9.15. The highest BCUT2D eigenvalue weighted by molar-refractivity contribution is 5.85. The molecule has 1 N–H and O–H groups in total. The van der Waals surface area contributed by atoms with E-state index in [2.05, 4.69) is 41.6 Å². The SMILES string of the molecule is CC(=O)N1CCc2c(c(N3CCCc4cc(-c5cnn(C)c5)c(C(F)F)cc43)nn2C2CCN(C3(C)CCN(c4ccc(C(=O)O)nn4)CC3)CC2)C1. The van der Waals surface area contributed by atoms with Crippen LogP contribution in [-0.2, 0) is 31.2 Å². The summed E-state index contributed by atoms with van der Waals surface area (Å²) in [5.74, 6) is 0.419. The van der Waals surface area contributed by atoms with Crippen molar-refractivity contribution in [3.05, 3.63) is 64.7 Å². The lowest BCUT2D eigenvalue weighted by molar-refractivity contribution is -0.129.